The van der Waals surface area contributed by atoms with E-state index in [0.29, 0.717) is 23.4 Å². The zero-order valence-corrected chi connectivity index (χ0v) is 14.8. The average Bonchev–Trinajstić information content (AvgIpc) is 3.11. The fourth-order valence-corrected chi connectivity index (χ4v) is 4.30. The highest BCUT2D eigenvalue weighted by Crippen LogP contribution is 2.27. The van der Waals surface area contributed by atoms with Crippen LogP contribution in [0.4, 0.5) is 0 Å². The molecule has 9 heteroatoms. The van der Waals surface area contributed by atoms with Crippen LogP contribution < -0.4 is 0 Å². The highest BCUT2D eigenvalue weighted by atomic mass is 32.2. The molecule has 1 aliphatic heterocycles. The van der Waals surface area contributed by atoms with Gasteiger partial charge >= 0.3 is 0 Å². The molecular formula is C16H18N4O4S. The molecule has 0 unspecified atom stereocenters. The fraction of sp³-hybridized carbons (Fsp3) is 0.438. The third-order valence-corrected chi connectivity index (χ3v) is 6.03. The van der Waals surface area contributed by atoms with Crippen LogP contribution in [0, 0.1) is 18.3 Å². The maximum atomic E-state index is 13.0. The van der Waals surface area contributed by atoms with Crippen molar-refractivity contribution < 1.29 is 17.6 Å². The van der Waals surface area contributed by atoms with Gasteiger partial charge in [0, 0.05) is 19.5 Å². The molecule has 0 radical (unpaired) electrons. The normalized spacial score (nSPS) is 18.8. The topological polar surface area (TPSA) is 109 Å². The van der Waals surface area contributed by atoms with E-state index in [1.54, 1.807) is 19.1 Å². The van der Waals surface area contributed by atoms with E-state index in [1.165, 1.54) is 10.4 Å². The van der Waals surface area contributed by atoms with Crippen LogP contribution in [-0.4, -0.2) is 42.6 Å². The number of morpholine rings is 1. The van der Waals surface area contributed by atoms with Crippen LogP contribution in [-0.2, 0) is 21.2 Å². The van der Waals surface area contributed by atoms with E-state index in [2.05, 4.69) is 10.2 Å². The molecule has 0 bridgehead atoms. The zero-order valence-electron chi connectivity index (χ0n) is 14.0. The second-order valence-corrected chi connectivity index (χ2v) is 7.61. The van der Waals surface area contributed by atoms with Crippen LogP contribution in [0.15, 0.2) is 27.5 Å². The van der Waals surface area contributed by atoms with Gasteiger partial charge in [-0.2, -0.15) is 9.57 Å². The van der Waals surface area contributed by atoms with Crippen LogP contribution in [0.5, 0.6) is 0 Å². The summed E-state index contributed by atoms with van der Waals surface area (Å²) in [5.74, 6) is 0.760. The van der Waals surface area contributed by atoms with Gasteiger partial charge in [-0.25, -0.2) is 8.42 Å². The zero-order chi connectivity index (χ0) is 18.0. The summed E-state index contributed by atoms with van der Waals surface area (Å²) in [4.78, 5) is 0.131. The van der Waals surface area contributed by atoms with Crippen LogP contribution in [0.1, 0.15) is 35.9 Å². The van der Waals surface area contributed by atoms with E-state index in [4.69, 9.17) is 14.4 Å². The predicted molar refractivity (Wildman–Crippen MR) is 87.0 cm³/mol. The Morgan fingerprint density at radius 2 is 2.20 bits per heavy atom. The Morgan fingerprint density at radius 3 is 2.88 bits per heavy atom. The Labute approximate surface area is 146 Å². The molecule has 3 rings (SSSR count). The molecule has 8 nitrogen and oxygen atoms in total. The molecule has 0 aliphatic carbocycles. The summed E-state index contributed by atoms with van der Waals surface area (Å²) in [6.45, 7) is 4.14. The quantitative estimate of drug-likeness (QED) is 0.812. The van der Waals surface area contributed by atoms with Crippen LogP contribution in [0.25, 0.3) is 0 Å². The first-order chi connectivity index (χ1) is 12.0. The van der Waals surface area contributed by atoms with Crippen molar-refractivity contribution in [1.82, 2.24) is 14.5 Å². The second kappa shape index (κ2) is 6.92. The molecule has 1 aliphatic rings. The number of nitriles is 1. The first-order valence-corrected chi connectivity index (χ1v) is 9.34. The number of aryl methyl sites for hydroxylation is 2. The summed E-state index contributed by atoms with van der Waals surface area (Å²) >= 11 is 0. The number of sulfonamides is 1. The molecule has 132 valence electrons. The van der Waals surface area contributed by atoms with Crippen molar-refractivity contribution >= 4 is 10.0 Å². The third-order valence-electron chi connectivity index (χ3n) is 4.02. The van der Waals surface area contributed by atoms with E-state index >= 15 is 0 Å². The average molecular weight is 362 g/mol. The van der Waals surface area contributed by atoms with E-state index in [0.717, 1.165) is 0 Å². The monoisotopic (exact) mass is 362 g/mol. The molecule has 0 N–H and O–H groups in total. The third kappa shape index (κ3) is 3.42. The van der Waals surface area contributed by atoms with Gasteiger partial charge in [0.25, 0.3) is 0 Å². The van der Waals surface area contributed by atoms with E-state index in [9.17, 15) is 8.42 Å². The van der Waals surface area contributed by atoms with E-state index in [1.807, 2.05) is 13.0 Å². The summed E-state index contributed by atoms with van der Waals surface area (Å²) in [6, 6.07) is 6.60. The van der Waals surface area contributed by atoms with Gasteiger partial charge in [-0.15, -0.1) is 10.2 Å². The van der Waals surface area contributed by atoms with Gasteiger partial charge in [-0.1, -0.05) is 13.0 Å². The summed E-state index contributed by atoms with van der Waals surface area (Å²) in [5.41, 5.74) is 0.895. The van der Waals surface area contributed by atoms with Crippen molar-refractivity contribution in [1.29, 1.82) is 5.26 Å². The molecule has 0 amide bonds. The number of hydrogen-bond acceptors (Lipinski definition) is 7. The number of ether oxygens (including phenoxy) is 1. The lowest BCUT2D eigenvalue weighted by Gasteiger charge is -2.30. The second-order valence-electron chi connectivity index (χ2n) is 5.70. The molecule has 1 aromatic heterocycles. The van der Waals surface area contributed by atoms with Gasteiger partial charge in [0.05, 0.1) is 23.1 Å². The molecule has 2 aromatic rings. The predicted octanol–water partition coefficient (Wildman–Crippen LogP) is 1.57. The SMILES string of the molecule is CCc1nnc([C@@H]2CN(S(=O)(=O)c3cc(C#N)ccc3C)CCO2)o1. The fourth-order valence-electron chi connectivity index (χ4n) is 2.62. The Morgan fingerprint density at radius 1 is 1.40 bits per heavy atom. The van der Waals surface area contributed by atoms with Crippen molar-refractivity contribution in [2.24, 2.45) is 0 Å². The minimum absolute atomic E-state index is 0.0872. The lowest BCUT2D eigenvalue weighted by molar-refractivity contribution is -0.0178. The molecule has 1 atom stereocenters. The molecule has 0 saturated carbocycles. The number of aromatic nitrogens is 2. The molecule has 1 saturated heterocycles. The van der Waals surface area contributed by atoms with Gasteiger partial charge in [-0.05, 0) is 24.6 Å². The van der Waals surface area contributed by atoms with E-state index < -0.39 is 16.1 Å². The maximum absolute atomic E-state index is 13.0. The van der Waals surface area contributed by atoms with Gasteiger partial charge < -0.3 is 9.15 Å². The Balaban J connectivity index is 1.88. The lowest BCUT2D eigenvalue weighted by atomic mass is 10.2. The van der Waals surface area contributed by atoms with Gasteiger partial charge in [0.1, 0.15) is 6.10 Å². The summed E-state index contributed by atoms with van der Waals surface area (Å²) in [7, 11) is -3.75. The highest BCUT2D eigenvalue weighted by Gasteiger charge is 2.34. The Bertz CT molecular complexity index is 916. The standard InChI is InChI=1S/C16H18N4O4S/c1-3-15-18-19-16(24-15)13-10-20(6-7-23-13)25(21,22)14-8-12(9-17)5-4-11(14)2/h4-5,8,13H,3,6-7,10H2,1-2H3/t13-/m0/s1. The van der Waals surface area contributed by atoms with Crippen molar-refractivity contribution in [3.05, 3.63) is 41.1 Å². The Hall–Kier alpha value is -2.28. The minimum atomic E-state index is -3.75. The largest absolute Gasteiger partial charge is 0.422 e. The molecule has 1 aromatic carbocycles. The van der Waals surface area contributed by atoms with Gasteiger partial charge in [-0.3, -0.25) is 0 Å². The first kappa shape index (κ1) is 17.5. The number of rotatable bonds is 4. The molecule has 0 spiro atoms. The number of nitrogens with zero attached hydrogens (tertiary/aromatic N) is 4. The van der Waals surface area contributed by atoms with Crippen molar-refractivity contribution in [2.75, 3.05) is 19.7 Å². The van der Waals surface area contributed by atoms with E-state index in [-0.39, 0.29) is 30.5 Å². The van der Waals surface area contributed by atoms with Gasteiger partial charge in [0.15, 0.2) is 0 Å². The van der Waals surface area contributed by atoms with Gasteiger partial charge in [0.2, 0.25) is 21.8 Å². The Kier molecular flexibility index (Phi) is 4.85. The number of benzene rings is 1. The van der Waals surface area contributed by atoms with Crippen LogP contribution in [0.2, 0.25) is 0 Å². The summed E-state index contributed by atoms with van der Waals surface area (Å²) < 4.78 is 38.4. The first-order valence-electron chi connectivity index (χ1n) is 7.90. The molecule has 1 fully saturated rings. The van der Waals surface area contributed by atoms with Crippen molar-refractivity contribution in [2.45, 2.75) is 31.3 Å². The molecule has 25 heavy (non-hydrogen) atoms. The van der Waals surface area contributed by atoms with Crippen LogP contribution in [0.3, 0.4) is 0 Å². The lowest BCUT2D eigenvalue weighted by Crippen LogP contribution is -2.42. The molecular weight excluding hydrogens is 344 g/mol. The van der Waals surface area contributed by atoms with Crippen molar-refractivity contribution in [3.63, 3.8) is 0 Å². The smallest absolute Gasteiger partial charge is 0.246 e. The summed E-state index contributed by atoms with van der Waals surface area (Å²) in [6.07, 6.45) is -0.00204. The van der Waals surface area contributed by atoms with Crippen molar-refractivity contribution in [3.8, 4) is 6.07 Å². The highest BCUT2D eigenvalue weighted by molar-refractivity contribution is 7.89. The number of hydrogen-bond donors (Lipinski definition) is 0. The van der Waals surface area contributed by atoms with Crippen LogP contribution >= 0.6 is 0 Å². The maximum Gasteiger partial charge on any atom is 0.246 e. The minimum Gasteiger partial charge on any atom is -0.422 e. The molecule has 2 heterocycles. The summed E-state index contributed by atoms with van der Waals surface area (Å²) in [5, 5.41) is 16.9.